The average molecular weight is 325 g/mol. The van der Waals surface area contributed by atoms with Crippen LogP contribution in [0.1, 0.15) is 34.1 Å². The van der Waals surface area contributed by atoms with Gasteiger partial charge in [0.1, 0.15) is 0 Å². The Labute approximate surface area is 124 Å². The van der Waals surface area contributed by atoms with Crippen LogP contribution in [0.3, 0.4) is 0 Å². The summed E-state index contributed by atoms with van der Waals surface area (Å²) in [6.45, 7) is 4.94. The molecule has 0 radical (unpaired) electrons. The van der Waals surface area contributed by atoms with Gasteiger partial charge in [0.15, 0.2) is 5.60 Å². The maximum absolute atomic E-state index is 11.7. The highest BCUT2D eigenvalue weighted by molar-refractivity contribution is 7.86. The molecular weight excluding hydrogens is 302 g/mol. The van der Waals surface area contributed by atoms with Gasteiger partial charge in [-0.15, -0.1) is 0 Å². The lowest BCUT2D eigenvalue weighted by atomic mass is 9.77. The Morgan fingerprint density at radius 1 is 1.24 bits per heavy atom. The first-order valence-corrected chi connectivity index (χ1v) is 7.97. The van der Waals surface area contributed by atoms with E-state index in [1.807, 2.05) is 0 Å². The fourth-order valence-electron chi connectivity index (χ4n) is 1.24. The predicted octanol–water partition coefficient (Wildman–Crippen LogP) is -0.279. The zero-order valence-electron chi connectivity index (χ0n) is 12.7. The average Bonchev–Trinajstić information content (AvgIpc) is 2.32. The molecule has 9 heteroatoms. The van der Waals surface area contributed by atoms with Crippen molar-refractivity contribution in [2.45, 2.75) is 39.7 Å². The zero-order valence-corrected chi connectivity index (χ0v) is 13.5. The van der Waals surface area contributed by atoms with Crippen LogP contribution in [0.4, 0.5) is 0 Å². The van der Waals surface area contributed by atoms with Gasteiger partial charge >= 0.3 is 5.97 Å². The molecule has 124 valence electrons. The number of nitrogens with one attached hydrogen (secondary N) is 1. The van der Waals surface area contributed by atoms with E-state index in [0.29, 0.717) is 0 Å². The molecule has 8 nitrogen and oxygen atoms in total. The van der Waals surface area contributed by atoms with Crippen LogP contribution >= 0.6 is 0 Å². The van der Waals surface area contributed by atoms with E-state index in [9.17, 15) is 23.1 Å². The van der Waals surface area contributed by atoms with E-state index in [1.165, 1.54) is 20.8 Å². The van der Waals surface area contributed by atoms with Crippen LogP contribution in [0, 0.1) is 5.41 Å². The molecular formula is C12H23NO7S. The van der Waals surface area contributed by atoms with Gasteiger partial charge in [0.2, 0.25) is 5.91 Å². The largest absolute Gasteiger partial charge is 0.479 e. The van der Waals surface area contributed by atoms with Gasteiger partial charge in [-0.1, -0.05) is 13.8 Å². The van der Waals surface area contributed by atoms with Crippen molar-refractivity contribution >= 4 is 22.0 Å². The van der Waals surface area contributed by atoms with E-state index in [-0.39, 0.29) is 24.6 Å². The summed E-state index contributed by atoms with van der Waals surface area (Å²) in [4.78, 5) is 21.6. The molecule has 0 unspecified atom stereocenters. The summed E-state index contributed by atoms with van der Waals surface area (Å²) in [5, 5.41) is 21.3. The molecule has 0 saturated heterocycles. The van der Waals surface area contributed by atoms with Crippen LogP contribution in [0.25, 0.3) is 0 Å². The smallest absolute Gasteiger partial charge is 0.336 e. The molecule has 0 fully saturated rings. The van der Waals surface area contributed by atoms with Crippen LogP contribution in [-0.2, 0) is 23.9 Å². The van der Waals surface area contributed by atoms with Gasteiger partial charge in [-0.25, -0.2) is 4.79 Å². The minimum absolute atomic E-state index is 0.178. The quantitative estimate of drug-likeness (QED) is 0.392. The molecule has 0 saturated carbocycles. The Morgan fingerprint density at radius 3 is 2.19 bits per heavy atom. The lowest BCUT2D eigenvalue weighted by molar-refractivity contribution is -0.172. The second-order valence-corrected chi connectivity index (χ2v) is 7.38. The number of carbonyl (C=O) groups is 2. The predicted molar refractivity (Wildman–Crippen MR) is 75.1 cm³/mol. The number of carbonyl (C=O) groups excluding carboxylic acids is 1. The molecule has 0 aromatic heterocycles. The number of hydrogen-bond acceptors (Lipinski definition) is 6. The zero-order chi connectivity index (χ0) is 16.9. The number of aliphatic hydroxyl groups is 1. The van der Waals surface area contributed by atoms with Crippen molar-refractivity contribution < 1.29 is 32.4 Å². The molecule has 0 aliphatic rings. The van der Waals surface area contributed by atoms with Crippen LogP contribution < -0.4 is 5.32 Å². The fourth-order valence-corrected chi connectivity index (χ4v) is 2.33. The molecule has 0 aliphatic heterocycles. The first kappa shape index (κ1) is 19.8. The SMILES string of the molecule is CC(=O)NCCCS(=O)(=O)OCC(C)(C)[C@@](C)(O)C(=O)O. The number of carboxylic acids is 1. The minimum atomic E-state index is -3.85. The molecule has 0 aliphatic carbocycles. The van der Waals surface area contributed by atoms with Gasteiger partial charge in [0, 0.05) is 18.9 Å². The highest BCUT2D eigenvalue weighted by Gasteiger charge is 2.46. The molecule has 3 N–H and O–H groups in total. The van der Waals surface area contributed by atoms with Crippen molar-refractivity contribution in [1.29, 1.82) is 0 Å². The maximum Gasteiger partial charge on any atom is 0.336 e. The van der Waals surface area contributed by atoms with E-state index in [1.54, 1.807) is 0 Å². The van der Waals surface area contributed by atoms with E-state index in [4.69, 9.17) is 9.29 Å². The minimum Gasteiger partial charge on any atom is -0.479 e. The number of amides is 1. The summed E-state index contributed by atoms with van der Waals surface area (Å²) in [6.07, 6.45) is 0.178. The molecule has 0 spiro atoms. The lowest BCUT2D eigenvalue weighted by Crippen LogP contribution is -2.51. The van der Waals surface area contributed by atoms with Gasteiger partial charge in [-0.3, -0.25) is 8.98 Å². The van der Waals surface area contributed by atoms with Crippen molar-refractivity contribution in [2.24, 2.45) is 5.41 Å². The Bertz CT molecular complexity index is 482. The monoisotopic (exact) mass is 325 g/mol. The Kier molecular flexibility index (Phi) is 6.78. The Morgan fingerprint density at radius 2 is 1.76 bits per heavy atom. The van der Waals surface area contributed by atoms with Crippen molar-refractivity contribution in [3.63, 3.8) is 0 Å². The van der Waals surface area contributed by atoms with Gasteiger partial charge in [0.25, 0.3) is 10.1 Å². The van der Waals surface area contributed by atoms with E-state index >= 15 is 0 Å². The molecule has 0 bridgehead atoms. The van der Waals surface area contributed by atoms with Crippen molar-refractivity contribution in [2.75, 3.05) is 18.9 Å². The third kappa shape index (κ3) is 6.40. The second kappa shape index (κ2) is 7.19. The third-order valence-electron chi connectivity index (χ3n) is 3.28. The van der Waals surface area contributed by atoms with Gasteiger partial charge in [-0.05, 0) is 13.3 Å². The lowest BCUT2D eigenvalue weighted by Gasteiger charge is -2.35. The van der Waals surface area contributed by atoms with Gasteiger partial charge in [-0.2, -0.15) is 8.42 Å². The molecule has 0 heterocycles. The molecule has 0 rings (SSSR count). The summed E-state index contributed by atoms with van der Waals surface area (Å²) in [5.74, 6) is -2.02. The highest BCUT2D eigenvalue weighted by atomic mass is 32.2. The summed E-state index contributed by atoms with van der Waals surface area (Å²) in [6, 6.07) is 0. The van der Waals surface area contributed by atoms with Crippen molar-refractivity contribution in [3.8, 4) is 0 Å². The van der Waals surface area contributed by atoms with E-state index in [0.717, 1.165) is 6.92 Å². The standard InChI is InChI=1S/C12H23NO7S/c1-9(14)13-6-5-7-21(18,19)20-8-11(2,3)12(4,17)10(15)16/h17H,5-8H2,1-4H3,(H,13,14)(H,15,16)/t12-/m0/s1. The molecule has 21 heavy (non-hydrogen) atoms. The maximum atomic E-state index is 11.7. The van der Waals surface area contributed by atoms with Crippen molar-refractivity contribution in [1.82, 2.24) is 5.32 Å². The number of carboxylic acid groups (broad SMARTS) is 1. The van der Waals surface area contributed by atoms with Crippen LogP contribution in [-0.4, -0.2) is 55.0 Å². The van der Waals surface area contributed by atoms with E-state index < -0.39 is 33.7 Å². The first-order valence-electron chi connectivity index (χ1n) is 6.39. The van der Waals surface area contributed by atoms with E-state index in [2.05, 4.69) is 5.32 Å². The number of aliphatic carboxylic acids is 1. The molecule has 1 atom stereocenters. The highest BCUT2D eigenvalue weighted by Crippen LogP contribution is 2.31. The summed E-state index contributed by atoms with van der Waals surface area (Å²) in [5.41, 5.74) is -3.43. The van der Waals surface area contributed by atoms with Crippen LogP contribution in [0.2, 0.25) is 0 Å². The Hall–Kier alpha value is -1.19. The summed E-state index contributed by atoms with van der Waals surface area (Å²) >= 11 is 0. The van der Waals surface area contributed by atoms with Gasteiger partial charge < -0.3 is 15.5 Å². The van der Waals surface area contributed by atoms with Gasteiger partial charge in [0.05, 0.1) is 12.4 Å². The third-order valence-corrected chi connectivity index (χ3v) is 4.54. The van der Waals surface area contributed by atoms with Crippen LogP contribution in [0.15, 0.2) is 0 Å². The number of hydrogen-bond donors (Lipinski definition) is 3. The molecule has 1 amide bonds. The normalized spacial score (nSPS) is 15.3. The molecule has 0 aromatic carbocycles. The number of rotatable bonds is 9. The van der Waals surface area contributed by atoms with Crippen molar-refractivity contribution in [3.05, 3.63) is 0 Å². The molecule has 0 aromatic rings. The fraction of sp³-hybridized carbons (Fsp3) is 0.833. The summed E-state index contributed by atoms with van der Waals surface area (Å²) < 4.78 is 28.1. The second-order valence-electron chi connectivity index (χ2n) is 5.62. The topological polar surface area (TPSA) is 130 Å². The van der Waals surface area contributed by atoms with Crippen LogP contribution in [0.5, 0.6) is 0 Å². The summed E-state index contributed by atoms with van der Waals surface area (Å²) in [7, 11) is -3.85. The first-order chi connectivity index (χ1) is 9.32. The Balaban J connectivity index is 4.49.